The summed E-state index contributed by atoms with van der Waals surface area (Å²) >= 11 is 0. The van der Waals surface area contributed by atoms with Crippen LogP contribution in [0.15, 0.2) is 54.6 Å². The number of benzene rings is 2. The number of carbonyl (C=O) groups excluding carboxylic acids is 2. The van der Waals surface area contributed by atoms with E-state index in [1.165, 1.54) is 0 Å². The molecule has 2 amide bonds. The molecule has 116 valence electrons. The summed E-state index contributed by atoms with van der Waals surface area (Å²) in [7, 11) is 0. The molecule has 0 saturated carbocycles. The van der Waals surface area contributed by atoms with Crippen molar-refractivity contribution >= 4 is 17.8 Å². The van der Waals surface area contributed by atoms with Gasteiger partial charge in [0.15, 0.2) is 0 Å². The van der Waals surface area contributed by atoms with E-state index in [4.69, 9.17) is 5.11 Å². The Morgan fingerprint density at radius 2 is 1.43 bits per heavy atom. The smallest absolute Gasteiger partial charge is 0.305 e. The van der Waals surface area contributed by atoms with Gasteiger partial charge in [0.05, 0.1) is 23.6 Å². The van der Waals surface area contributed by atoms with Crippen LogP contribution in [0.25, 0.3) is 0 Å². The molecule has 0 fully saturated rings. The summed E-state index contributed by atoms with van der Waals surface area (Å²) in [6.45, 7) is 0. The van der Waals surface area contributed by atoms with Crippen LogP contribution in [0.3, 0.4) is 0 Å². The van der Waals surface area contributed by atoms with Gasteiger partial charge in [-0.25, -0.2) is 0 Å². The molecule has 0 spiro atoms. The third-order valence-corrected chi connectivity index (χ3v) is 3.92. The van der Waals surface area contributed by atoms with E-state index in [1.807, 2.05) is 30.3 Å². The highest BCUT2D eigenvalue weighted by molar-refractivity contribution is 6.21. The van der Waals surface area contributed by atoms with Crippen LogP contribution in [-0.4, -0.2) is 33.8 Å². The first kappa shape index (κ1) is 15.0. The Hall–Kier alpha value is -2.95. The Kier molecular flexibility index (Phi) is 3.93. The van der Waals surface area contributed by atoms with E-state index in [0.29, 0.717) is 17.5 Å². The second-order valence-corrected chi connectivity index (χ2v) is 5.47. The molecule has 1 atom stereocenters. The average Bonchev–Trinajstić information content (AvgIpc) is 2.79. The fraction of sp³-hybridized carbons (Fsp3) is 0.167. The largest absolute Gasteiger partial charge is 0.481 e. The number of aliphatic carboxylic acids is 1. The molecule has 2 aromatic carbocycles. The van der Waals surface area contributed by atoms with Crippen molar-refractivity contribution in [2.24, 2.45) is 0 Å². The maximum Gasteiger partial charge on any atom is 0.305 e. The summed E-state index contributed by atoms with van der Waals surface area (Å²) in [6.07, 6.45) is 0.0406. The minimum Gasteiger partial charge on any atom is -0.481 e. The second-order valence-electron chi connectivity index (χ2n) is 5.47. The highest BCUT2D eigenvalue weighted by atomic mass is 16.4. The number of carbonyl (C=O) groups is 3. The lowest BCUT2D eigenvalue weighted by atomic mass is 10.0. The normalized spacial score (nSPS) is 14.7. The Morgan fingerprint density at radius 3 is 1.96 bits per heavy atom. The first-order chi connectivity index (χ1) is 11.1. The van der Waals surface area contributed by atoms with Crippen molar-refractivity contribution in [2.75, 3.05) is 0 Å². The first-order valence-corrected chi connectivity index (χ1v) is 7.30. The van der Waals surface area contributed by atoms with E-state index in [0.717, 1.165) is 10.5 Å². The number of rotatable bonds is 5. The van der Waals surface area contributed by atoms with Crippen LogP contribution in [0.4, 0.5) is 0 Å². The van der Waals surface area contributed by atoms with Gasteiger partial charge in [0.25, 0.3) is 11.8 Å². The molecule has 0 radical (unpaired) electrons. The number of hydrogen-bond donors (Lipinski definition) is 1. The van der Waals surface area contributed by atoms with Gasteiger partial charge >= 0.3 is 5.97 Å². The molecular formula is C18H15NO4. The zero-order valence-corrected chi connectivity index (χ0v) is 12.3. The molecule has 0 aliphatic carbocycles. The van der Waals surface area contributed by atoms with Gasteiger partial charge in [-0.3, -0.25) is 19.3 Å². The van der Waals surface area contributed by atoms with Gasteiger partial charge < -0.3 is 5.11 Å². The molecule has 5 heteroatoms. The predicted octanol–water partition coefficient (Wildman–Crippen LogP) is 2.37. The number of fused-ring (bicyclic) bond motifs is 1. The molecule has 1 heterocycles. The molecule has 1 aliphatic rings. The first-order valence-electron chi connectivity index (χ1n) is 7.30. The lowest BCUT2D eigenvalue weighted by Gasteiger charge is -2.25. The van der Waals surface area contributed by atoms with Gasteiger partial charge in [-0.05, 0) is 24.1 Å². The van der Waals surface area contributed by atoms with E-state index in [1.54, 1.807) is 24.3 Å². The average molecular weight is 309 g/mol. The van der Waals surface area contributed by atoms with E-state index < -0.39 is 23.8 Å². The van der Waals surface area contributed by atoms with Crippen molar-refractivity contribution in [3.63, 3.8) is 0 Å². The number of amides is 2. The highest BCUT2D eigenvalue weighted by Crippen LogP contribution is 2.27. The lowest BCUT2D eigenvalue weighted by Crippen LogP contribution is -2.42. The highest BCUT2D eigenvalue weighted by Gasteiger charge is 2.40. The van der Waals surface area contributed by atoms with Crippen molar-refractivity contribution in [2.45, 2.75) is 18.9 Å². The molecule has 0 bridgehead atoms. The van der Waals surface area contributed by atoms with E-state index in [-0.39, 0.29) is 6.42 Å². The number of carboxylic acids is 1. The summed E-state index contributed by atoms with van der Waals surface area (Å²) in [5.74, 6) is -1.89. The van der Waals surface area contributed by atoms with Crippen LogP contribution in [0, 0.1) is 0 Å². The molecule has 1 N–H and O–H groups in total. The Labute approximate surface area is 133 Å². The molecule has 5 nitrogen and oxygen atoms in total. The van der Waals surface area contributed by atoms with Crippen LogP contribution >= 0.6 is 0 Å². The molecule has 23 heavy (non-hydrogen) atoms. The fourth-order valence-corrected chi connectivity index (χ4v) is 2.88. The third-order valence-electron chi connectivity index (χ3n) is 3.92. The topological polar surface area (TPSA) is 74.7 Å². The fourth-order valence-electron chi connectivity index (χ4n) is 2.88. The predicted molar refractivity (Wildman–Crippen MR) is 83.1 cm³/mol. The summed E-state index contributed by atoms with van der Waals surface area (Å²) < 4.78 is 0. The SMILES string of the molecule is O=C(O)C[C@H](Cc1ccccc1)N1C(=O)c2ccccc2C1=O. The number of imide groups is 1. The van der Waals surface area contributed by atoms with Crippen molar-refractivity contribution in [1.29, 1.82) is 0 Å². The maximum atomic E-state index is 12.5. The molecule has 3 rings (SSSR count). The van der Waals surface area contributed by atoms with Crippen molar-refractivity contribution < 1.29 is 19.5 Å². The summed E-state index contributed by atoms with van der Waals surface area (Å²) in [4.78, 5) is 37.3. The number of carboxylic acid groups (broad SMARTS) is 1. The van der Waals surface area contributed by atoms with Crippen LogP contribution in [0.5, 0.6) is 0 Å². The van der Waals surface area contributed by atoms with Crippen molar-refractivity contribution in [3.8, 4) is 0 Å². The van der Waals surface area contributed by atoms with Crippen LogP contribution < -0.4 is 0 Å². The minimum absolute atomic E-state index is 0.277. The van der Waals surface area contributed by atoms with Gasteiger partial charge in [-0.2, -0.15) is 0 Å². The molecular weight excluding hydrogens is 294 g/mol. The van der Waals surface area contributed by atoms with Gasteiger partial charge in [-0.1, -0.05) is 42.5 Å². The quantitative estimate of drug-likeness (QED) is 0.860. The Balaban J connectivity index is 1.93. The van der Waals surface area contributed by atoms with Gasteiger partial charge in [0.2, 0.25) is 0 Å². The maximum absolute atomic E-state index is 12.5. The molecule has 0 saturated heterocycles. The van der Waals surface area contributed by atoms with Crippen LogP contribution in [0.1, 0.15) is 32.7 Å². The monoisotopic (exact) mass is 309 g/mol. The minimum atomic E-state index is -1.04. The van der Waals surface area contributed by atoms with Crippen LogP contribution in [0.2, 0.25) is 0 Å². The Morgan fingerprint density at radius 1 is 0.913 bits per heavy atom. The summed E-state index contributed by atoms with van der Waals surface area (Å²) in [5.41, 5.74) is 1.55. The Bertz CT molecular complexity index is 735. The van der Waals surface area contributed by atoms with Crippen LogP contribution in [-0.2, 0) is 11.2 Å². The summed E-state index contributed by atoms with van der Waals surface area (Å²) in [5, 5.41) is 9.16. The molecule has 0 unspecified atom stereocenters. The molecule has 1 aliphatic heterocycles. The standard InChI is InChI=1S/C18H15NO4/c20-16(21)11-13(10-12-6-2-1-3-7-12)19-17(22)14-8-4-5-9-15(14)18(19)23/h1-9,13H,10-11H2,(H,20,21)/t13-/m0/s1. The third kappa shape index (κ3) is 2.85. The molecule has 2 aromatic rings. The van der Waals surface area contributed by atoms with E-state index in [2.05, 4.69) is 0 Å². The zero-order chi connectivity index (χ0) is 16.4. The zero-order valence-electron chi connectivity index (χ0n) is 12.3. The lowest BCUT2D eigenvalue weighted by molar-refractivity contribution is -0.137. The van der Waals surface area contributed by atoms with Crippen molar-refractivity contribution in [1.82, 2.24) is 4.90 Å². The number of nitrogens with zero attached hydrogens (tertiary/aromatic N) is 1. The summed E-state index contributed by atoms with van der Waals surface area (Å²) in [6, 6.07) is 15.1. The van der Waals surface area contributed by atoms with E-state index in [9.17, 15) is 14.4 Å². The second kappa shape index (κ2) is 6.04. The van der Waals surface area contributed by atoms with Gasteiger partial charge in [0, 0.05) is 0 Å². The van der Waals surface area contributed by atoms with Gasteiger partial charge in [0.1, 0.15) is 0 Å². The van der Waals surface area contributed by atoms with Crippen molar-refractivity contribution in [3.05, 3.63) is 71.3 Å². The number of hydrogen-bond acceptors (Lipinski definition) is 3. The van der Waals surface area contributed by atoms with Gasteiger partial charge in [-0.15, -0.1) is 0 Å². The van der Waals surface area contributed by atoms with E-state index >= 15 is 0 Å². The molecule has 0 aromatic heterocycles.